The highest BCUT2D eigenvalue weighted by molar-refractivity contribution is 5.83. The average Bonchev–Trinajstić information content (AvgIpc) is 2.91. The van der Waals surface area contributed by atoms with Crippen LogP contribution in [0.3, 0.4) is 0 Å². The Morgan fingerprint density at radius 3 is 2.86 bits per heavy atom. The Labute approximate surface area is 125 Å². The molecule has 1 aliphatic heterocycles. The fourth-order valence-electron chi connectivity index (χ4n) is 2.25. The monoisotopic (exact) mass is 294 g/mol. The number of carbonyl (C=O) groups excluding carboxylic acids is 1. The summed E-state index contributed by atoms with van der Waals surface area (Å²) in [6.45, 7) is 3.82. The van der Waals surface area contributed by atoms with E-state index < -0.39 is 0 Å². The molecule has 1 N–H and O–H groups in total. The van der Waals surface area contributed by atoms with Crippen LogP contribution in [0.4, 0.5) is 0 Å². The van der Waals surface area contributed by atoms with Crippen LogP contribution in [-0.2, 0) is 9.53 Å². The van der Waals surface area contributed by atoms with E-state index in [1.807, 2.05) is 44.1 Å². The van der Waals surface area contributed by atoms with Crippen LogP contribution in [0.5, 0.6) is 11.5 Å². The number of hydrogen-bond donors (Lipinski definition) is 1. The largest absolute Gasteiger partial charge is 0.454 e. The van der Waals surface area contributed by atoms with Crippen LogP contribution in [0.1, 0.15) is 18.5 Å². The van der Waals surface area contributed by atoms with Crippen molar-refractivity contribution in [3.63, 3.8) is 0 Å². The Morgan fingerprint density at radius 1 is 1.38 bits per heavy atom. The zero-order chi connectivity index (χ0) is 15.2. The minimum absolute atomic E-state index is 0.0569. The van der Waals surface area contributed by atoms with E-state index in [0.29, 0.717) is 31.3 Å². The quantitative estimate of drug-likeness (QED) is 0.765. The average molecular weight is 294 g/mol. The van der Waals surface area contributed by atoms with Crippen LogP contribution < -0.4 is 14.8 Å². The van der Waals surface area contributed by atoms with E-state index in [0.717, 1.165) is 5.56 Å². The maximum Gasteiger partial charge on any atom is 0.242 e. The molecule has 0 saturated carbocycles. The molecule has 1 aromatic carbocycles. The van der Waals surface area contributed by atoms with Gasteiger partial charge in [0.15, 0.2) is 11.5 Å². The zero-order valence-electron chi connectivity index (χ0n) is 12.7. The third-order valence-corrected chi connectivity index (χ3v) is 3.23. The fraction of sp³-hybridized carbons (Fsp3) is 0.533. The molecule has 0 saturated heterocycles. The van der Waals surface area contributed by atoms with Crippen molar-refractivity contribution < 1.29 is 19.0 Å². The smallest absolute Gasteiger partial charge is 0.242 e. The third kappa shape index (κ3) is 3.86. The number of nitrogens with one attached hydrogen (secondary N) is 1. The molecular formula is C15H22N2O4. The van der Waals surface area contributed by atoms with Gasteiger partial charge in [0.25, 0.3) is 0 Å². The van der Waals surface area contributed by atoms with E-state index in [-0.39, 0.29) is 18.7 Å². The van der Waals surface area contributed by atoms with Gasteiger partial charge in [0.1, 0.15) is 6.04 Å². The normalized spacial score (nSPS) is 14.3. The first-order chi connectivity index (χ1) is 10.1. The van der Waals surface area contributed by atoms with Gasteiger partial charge in [-0.05, 0) is 38.7 Å². The summed E-state index contributed by atoms with van der Waals surface area (Å²) in [5, 5.41) is 2.89. The number of benzene rings is 1. The molecular weight excluding hydrogens is 272 g/mol. The van der Waals surface area contributed by atoms with Crippen molar-refractivity contribution in [3.05, 3.63) is 23.8 Å². The molecule has 1 heterocycles. The molecule has 0 bridgehead atoms. The zero-order valence-corrected chi connectivity index (χ0v) is 12.7. The predicted octanol–water partition coefficient (Wildman–Crippen LogP) is 1.17. The number of nitrogens with zero attached hydrogens (tertiary/aromatic N) is 1. The van der Waals surface area contributed by atoms with Gasteiger partial charge < -0.3 is 19.5 Å². The second-order valence-corrected chi connectivity index (χ2v) is 4.97. The van der Waals surface area contributed by atoms with Gasteiger partial charge in [-0.15, -0.1) is 0 Å². The number of carbonyl (C=O) groups is 1. The maximum absolute atomic E-state index is 12.4. The van der Waals surface area contributed by atoms with Crippen LogP contribution in [0, 0.1) is 0 Å². The van der Waals surface area contributed by atoms with Crippen molar-refractivity contribution in [2.75, 3.05) is 40.6 Å². The van der Waals surface area contributed by atoms with Crippen LogP contribution in [0.25, 0.3) is 0 Å². The lowest BCUT2D eigenvalue weighted by Gasteiger charge is -2.24. The van der Waals surface area contributed by atoms with Crippen molar-refractivity contribution in [1.82, 2.24) is 10.2 Å². The molecule has 1 aliphatic rings. The number of hydrogen-bond acceptors (Lipinski definition) is 5. The van der Waals surface area contributed by atoms with Gasteiger partial charge in [0, 0.05) is 13.2 Å². The van der Waals surface area contributed by atoms with Crippen molar-refractivity contribution >= 4 is 5.91 Å². The first kappa shape index (κ1) is 15.6. The number of fused-ring (bicyclic) bond motifs is 1. The number of ether oxygens (including phenoxy) is 3. The highest BCUT2D eigenvalue weighted by Crippen LogP contribution is 2.35. The van der Waals surface area contributed by atoms with E-state index in [1.165, 1.54) is 0 Å². The minimum atomic E-state index is -0.374. The molecule has 0 aromatic heterocycles. The molecule has 0 unspecified atom stereocenters. The highest BCUT2D eigenvalue weighted by Gasteiger charge is 2.25. The topological polar surface area (TPSA) is 60.0 Å². The molecule has 2 rings (SSSR count). The first-order valence-corrected chi connectivity index (χ1v) is 7.05. The van der Waals surface area contributed by atoms with Crippen LogP contribution >= 0.6 is 0 Å². The number of likely N-dealkylation sites (N-methyl/N-ethyl adjacent to an activating group) is 1. The van der Waals surface area contributed by atoms with Crippen LogP contribution in [-0.4, -0.2) is 51.5 Å². The van der Waals surface area contributed by atoms with E-state index in [4.69, 9.17) is 14.2 Å². The summed E-state index contributed by atoms with van der Waals surface area (Å²) in [5.74, 6) is 1.34. The van der Waals surface area contributed by atoms with E-state index in [9.17, 15) is 4.79 Å². The molecule has 0 aliphatic carbocycles. The molecule has 0 spiro atoms. The fourth-order valence-corrected chi connectivity index (χ4v) is 2.25. The molecule has 0 fully saturated rings. The number of amides is 1. The van der Waals surface area contributed by atoms with E-state index in [2.05, 4.69) is 5.32 Å². The summed E-state index contributed by atoms with van der Waals surface area (Å²) in [5.41, 5.74) is 0.873. The molecule has 21 heavy (non-hydrogen) atoms. The highest BCUT2D eigenvalue weighted by atomic mass is 16.7. The first-order valence-electron chi connectivity index (χ1n) is 7.05. The van der Waals surface area contributed by atoms with Crippen molar-refractivity contribution in [1.29, 1.82) is 0 Å². The van der Waals surface area contributed by atoms with Crippen molar-refractivity contribution in [2.45, 2.75) is 13.0 Å². The second-order valence-electron chi connectivity index (χ2n) is 4.97. The molecule has 116 valence electrons. The molecule has 6 heteroatoms. The lowest BCUT2D eigenvalue weighted by atomic mass is 10.0. The van der Waals surface area contributed by atoms with Gasteiger partial charge in [-0.25, -0.2) is 0 Å². The molecule has 0 radical (unpaired) electrons. The Morgan fingerprint density at radius 2 is 2.14 bits per heavy atom. The van der Waals surface area contributed by atoms with Crippen LogP contribution in [0.15, 0.2) is 18.2 Å². The Bertz CT molecular complexity index is 491. The molecule has 6 nitrogen and oxygen atoms in total. The second kappa shape index (κ2) is 7.28. The number of rotatable bonds is 7. The van der Waals surface area contributed by atoms with Crippen LogP contribution in [0.2, 0.25) is 0 Å². The summed E-state index contributed by atoms with van der Waals surface area (Å²) in [4.78, 5) is 14.2. The summed E-state index contributed by atoms with van der Waals surface area (Å²) < 4.78 is 15.9. The van der Waals surface area contributed by atoms with Crippen molar-refractivity contribution in [3.8, 4) is 11.5 Å². The van der Waals surface area contributed by atoms with Gasteiger partial charge in [0.05, 0.1) is 6.61 Å². The third-order valence-electron chi connectivity index (χ3n) is 3.23. The van der Waals surface area contributed by atoms with Crippen molar-refractivity contribution in [2.24, 2.45) is 0 Å². The Kier molecular flexibility index (Phi) is 5.41. The summed E-state index contributed by atoms with van der Waals surface area (Å²) >= 11 is 0. The lowest BCUT2D eigenvalue weighted by molar-refractivity contribution is -0.126. The van der Waals surface area contributed by atoms with E-state index in [1.54, 1.807) is 0 Å². The minimum Gasteiger partial charge on any atom is -0.454 e. The Hall–Kier alpha value is -1.79. The van der Waals surface area contributed by atoms with E-state index >= 15 is 0 Å². The van der Waals surface area contributed by atoms with Gasteiger partial charge >= 0.3 is 0 Å². The van der Waals surface area contributed by atoms with Gasteiger partial charge in [-0.1, -0.05) is 6.07 Å². The van der Waals surface area contributed by atoms with Gasteiger partial charge in [0.2, 0.25) is 12.7 Å². The molecule has 1 aromatic rings. The summed E-state index contributed by atoms with van der Waals surface area (Å²) in [6, 6.07) is 5.21. The predicted molar refractivity (Wildman–Crippen MR) is 78.5 cm³/mol. The summed E-state index contributed by atoms with van der Waals surface area (Å²) in [7, 11) is 3.74. The molecule has 1 amide bonds. The lowest BCUT2D eigenvalue weighted by Crippen LogP contribution is -2.38. The van der Waals surface area contributed by atoms with Gasteiger partial charge in [-0.2, -0.15) is 0 Å². The Balaban J connectivity index is 2.06. The summed E-state index contributed by atoms with van der Waals surface area (Å²) in [6.07, 6.45) is 0. The SMILES string of the molecule is CCOCCNC(=O)[C@@H](c1ccc2c(c1)OCO2)N(C)C. The maximum atomic E-state index is 12.4. The molecule has 1 atom stereocenters. The van der Waals surface area contributed by atoms with Gasteiger partial charge in [-0.3, -0.25) is 9.69 Å². The standard InChI is InChI=1S/C15H22N2O4/c1-4-19-8-7-16-15(18)14(17(2)3)11-5-6-12-13(9-11)21-10-20-12/h5-6,9,14H,4,7-8,10H2,1-3H3,(H,16,18)/t14-/m1/s1.